The fourth-order valence-corrected chi connectivity index (χ4v) is 2.17. The normalized spacial score (nSPS) is 10.5. The van der Waals surface area contributed by atoms with E-state index in [9.17, 15) is 9.90 Å². The lowest BCUT2D eigenvalue weighted by Gasteiger charge is -2.14. The van der Waals surface area contributed by atoms with Gasteiger partial charge in [-0.25, -0.2) is 4.79 Å². The van der Waals surface area contributed by atoms with E-state index in [0.717, 1.165) is 10.6 Å². The largest absolute Gasteiger partial charge is 0.490 e. The van der Waals surface area contributed by atoms with Crippen LogP contribution in [0.3, 0.4) is 0 Å². The van der Waals surface area contributed by atoms with Gasteiger partial charge in [0.05, 0.1) is 6.10 Å². The Labute approximate surface area is 99.8 Å². The van der Waals surface area contributed by atoms with Gasteiger partial charge in [0.25, 0.3) is 0 Å². The number of benzene rings is 1. The van der Waals surface area contributed by atoms with Crippen LogP contribution in [-0.4, -0.2) is 22.9 Å². The van der Waals surface area contributed by atoms with E-state index in [4.69, 9.17) is 4.74 Å². The number of thioether (sulfide) groups is 1. The van der Waals surface area contributed by atoms with Crippen LogP contribution in [0.4, 0.5) is 0 Å². The molecule has 0 bridgehead atoms. The van der Waals surface area contributed by atoms with Crippen molar-refractivity contribution in [3.05, 3.63) is 23.8 Å². The lowest BCUT2D eigenvalue weighted by molar-refractivity contribution is 0.0686. The molecule has 0 heterocycles. The van der Waals surface area contributed by atoms with Crippen LogP contribution >= 0.6 is 11.8 Å². The number of ether oxygens (including phenoxy) is 1. The summed E-state index contributed by atoms with van der Waals surface area (Å²) in [6, 6.07) is 5.33. The summed E-state index contributed by atoms with van der Waals surface area (Å²) in [6.07, 6.45) is -0.0278. The number of rotatable bonds is 5. The summed E-state index contributed by atoms with van der Waals surface area (Å²) in [5.74, 6) is 0.346. The molecule has 0 aromatic heterocycles. The maximum absolute atomic E-state index is 11.2. The number of carboxylic acids is 1. The Morgan fingerprint density at radius 1 is 1.50 bits per heavy atom. The van der Waals surface area contributed by atoms with Crippen LogP contribution in [0.25, 0.3) is 0 Å². The van der Waals surface area contributed by atoms with Crippen LogP contribution in [0.2, 0.25) is 0 Å². The molecule has 3 nitrogen and oxygen atoms in total. The number of carbonyl (C=O) groups is 1. The Kier molecular flexibility index (Phi) is 4.68. The Balaban J connectivity index is 3.16. The van der Waals surface area contributed by atoms with Gasteiger partial charge in [0.2, 0.25) is 0 Å². The van der Waals surface area contributed by atoms with Gasteiger partial charge in [-0.1, -0.05) is 13.0 Å². The number of carboxylic acid groups (broad SMARTS) is 1. The first-order chi connectivity index (χ1) is 7.56. The molecule has 0 saturated heterocycles. The second kappa shape index (κ2) is 5.80. The standard InChI is InChI=1S/C12H16O3S/c1-4-16-10-7-5-6-9(15-8(2)3)11(10)12(13)14/h5-8H,4H2,1-3H3,(H,13,14). The van der Waals surface area contributed by atoms with Gasteiger partial charge in [-0.2, -0.15) is 0 Å². The maximum Gasteiger partial charge on any atom is 0.340 e. The molecule has 16 heavy (non-hydrogen) atoms. The minimum Gasteiger partial charge on any atom is -0.490 e. The van der Waals surface area contributed by atoms with Gasteiger partial charge in [0, 0.05) is 4.90 Å². The van der Waals surface area contributed by atoms with E-state index in [0.29, 0.717) is 5.75 Å². The monoisotopic (exact) mass is 240 g/mol. The van der Waals surface area contributed by atoms with Gasteiger partial charge in [0.15, 0.2) is 0 Å². The Bertz CT molecular complexity index is 375. The zero-order valence-corrected chi connectivity index (χ0v) is 10.5. The summed E-state index contributed by atoms with van der Waals surface area (Å²) >= 11 is 1.51. The van der Waals surface area contributed by atoms with Crippen molar-refractivity contribution in [2.75, 3.05) is 5.75 Å². The van der Waals surface area contributed by atoms with Crippen molar-refractivity contribution in [3.63, 3.8) is 0 Å². The SMILES string of the molecule is CCSc1cccc(OC(C)C)c1C(=O)O. The van der Waals surface area contributed by atoms with Crippen molar-refractivity contribution in [1.82, 2.24) is 0 Å². The lowest BCUT2D eigenvalue weighted by Crippen LogP contribution is -2.10. The van der Waals surface area contributed by atoms with Crippen LogP contribution in [-0.2, 0) is 0 Å². The van der Waals surface area contributed by atoms with Crippen LogP contribution < -0.4 is 4.74 Å². The second-order valence-electron chi connectivity index (χ2n) is 3.53. The molecule has 0 radical (unpaired) electrons. The molecule has 0 aliphatic rings. The third-order valence-corrected chi connectivity index (χ3v) is 2.80. The van der Waals surface area contributed by atoms with Crippen LogP contribution in [0.5, 0.6) is 5.75 Å². The zero-order valence-electron chi connectivity index (χ0n) is 9.69. The van der Waals surface area contributed by atoms with Gasteiger partial charge in [-0.3, -0.25) is 0 Å². The molecule has 1 rings (SSSR count). The van der Waals surface area contributed by atoms with Crippen molar-refractivity contribution in [1.29, 1.82) is 0 Å². The third kappa shape index (κ3) is 3.17. The smallest absolute Gasteiger partial charge is 0.340 e. The van der Waals surface area contributed by atoms with Crippen molar-refractivity contribution in [2.45, 2.75) is 31.8 Å². The number of hydrogen-bond donors (Lipinski definition) is 1. The molecule has 0 unspecified atom stereocenters. The van der Waals surface area contributed by atoms with Crippen LogP contribution in [0.1, 0.15) is 31.1 Å². The van der Waals surface area contributed by atoms with Crippen molar-refractivity contribution >= 4 is 17.7 Å². The summed E-state index contributed by atoms with van der Waals surface area (Å²) in [6.45, 7) is 5.75. The average molecular weight is 240 g/mol. The molecule has 0 saturated carbocycles. The topological polar surface area (TPSA) is 46.5 Å². The highest BCUT2D eigenvalue weighted by molar-refractivity contribution is 7.99. The molecule has 1 N–H and O–H groups in total. The Morgan fingerprint density at radius 2 is 2.19 bits per heavy atom. The second-order valence-corrected chi connectivity index (χ2v) is 4.84. The summed E-state index contributed by atoms with van der Waals surface area (Å²) < 4.78 is 5.50. The molecule has 0 atom stereocenters. The highest BCUT2D eigenvalue weighted by Gasteiger charge is 2.17. The predicted octanol–water partition coefficient (Wildman–Crippen LogP) is 3.28. The van der Waals surface area contributed by atoms with Crippen molar-refractivity contribution < 1.29 is 14.6 Å². The van der Waals surface area contributed by atoms with E-state index in [1.165, 1.54) is 11.8 Å². The molecule has 1 aromatic carbocycles. The summed E-state index contributed by atoms with van der Waals surface area (Å²) in [4.78, 5) is 12.0. The minimum absolute atomic E-state index is 0.0278. The Morgan fingerprint density at radius 3 is 2.69 bits per heavy atom. The molecule has 0 spiro atoms. The van der Waals surface area contributed by atoms with Crippen molar-refractivity contribution in [3.8, 4) is 5.75 Å². The molecule has 0 aliphatic heterocycles. The van der Waals surface area contributed by atoms with E-state index < -0.39 is 5.97 Å². The summed E-state index contributed by atoms with van der Waals surface area (Å²) in [5.41, 5.74) is 0.267. The highest BCUT2D eigenvalue weighted by Crippen LogP contribution is 2.30. The van der Waals surface area contributed by atoms with E-state index in [2.05, 4.69) is 0 Å². The van der Waals surface area contributed by atoms with Gasteiger partial charge in [0.1, 0.15) is 11.3 Å². The molecule has 1 aromatic rings. The van der Waals surface area contributed by atoms with Gasteiger partial charge in [-0.15, -0.1) is 11.8 Å². The molecule has 0 fully saturated rings. The van der Waals surface area contributed by atoms with Crippen LogP contribution in [0.15, 0.2) is 23.1 Å². The van der Waals surface area contributed by atoms with Crippen LogP contribution in [0, 0.1) is 0 Å². The molecule has 4 heteroatoms. The Hall–Kier alpha value is -1.16. The number of aromatic carboxylic acids is 1. The quantitative estimate of drug-likeness (QED) is 0.802. The van der Waals surface area contributed by atoms with Crippen molar-refractivity contribution in [2.24, 2.45) is 0 Å². The third-order valence-electron chi connectivity index (χ3n) is 1.86. The molecular weight excluding hydrogens is 224 g/mol. The maximum atomic E-state index is 11.2. The fraction of sp³-hybridized carbons (Fsp3) is 0.417. The first-order valence-corrected chi connectivity index (χ1v) is 6.20. The first-order valence-electron chi connectivity index (χ1n) is 5.22. The molecular formula is C12H16O3S. The lowest BCUT2D eigenvalue weighted by atomic mass is 10.2. The fourth-order valence-electron chi connectivity index (χ4n) is 1.35. The summed E-state index contributed by atoms with van der Waals surface area (Å²) in [5, 5.41) is 9.19. The van der Waals surface area contributed by atoms with E-state index >= 15 is 0 Å². The predicted molar refractivity (Wildman–Crippen MR) is 65.6 cm³/mol. The van der Waals surface area contributed by atoms with Gasteiger partial charge >= 0.3 is 5.97 Å². The highest BCUT2D eigenvalue weighted by atomic mass is 32.2. The first kappa shape index (κ1) is 12.9. The minimum atomic E-state index is -0.938. The number of hydrogen-bond acceptors (Lipinski definition) is 3. The van der Waals surface area contributed by atoms with Gasteiger partial charge < -0.3 is 9.84 Å². The van der Waals surface area contributed by atoms with E-state index in [1.807, 2.05) is 32.9 Å². The van der Waals surface area contributed by atoms with E-state index in [-0.39, 0.29) is 11.7 Å². The van der Waals surface area contributed by atoms with Gasteiger partial charge in [-0.05, 0) is 31.7 Å². The van der Waals surface area contributed by atoms with E-state index in [1.54, 1.807) is 6.07 Å². The zero-order chi connectivity index (χ0) is 12.1. The molecule has 0 aliphatic carbocycles. The molecule has 0 amide bonds. The average Bonchev–Trinajstić information content (AvgIpc) is 2.16. The molecule has 88 valence electrons. The summed E-state index contributed by atoms with van der Waals surface area (Å²) in [7, 11) is 0.